The lowest BCUT2D eigenvalue weighted by Crippen LogP contribution is -2.40. The zero-order chi connectivity index (χ0) is 19.6. The van der Waals surface area contributed by atoms with Crippen LogP contribution in [0.2, 0.25) is 0 Å². The van der Waals surface area contributed by atoms with E-state index in [0.29, 0.717) is 18.0 Å². The van der Waals surface area contributed by atoms with E-state index < -0.39 is 6.10 Å². The van der Waals surface area contributed by atoms with Gasteiger partial charge in [0.15, 0.2) is 11.5 Å². The molecular weight excluding hydrogens is 376 g/mol. The lowest BCUT2D eigenvalue weighted by atomic mass is 10.2. The Morgan fingerprint density at radius 1 is 1.32 bits per heavy atom. The minimum absolute atomic E-state index is 0.266. The van der Waals surface area contributed by atoms with Crippen LogP contribution >= 0.6 is 11.8 Å². The van der Waals surface area contributed by atoms with Crippen LogP contribution in [0.5, 0.6) is 11.5 Å². The van der Waals surface area contributed by atoms with Crippen molar-refractivity contribution in [2.45, 2.75) is 19.1 Å². The molecule has 2 heterocycles. The number of hydrogen-bond acceptors (Lipinski definition) is 7. The number of aromatic nitrogens is 2. The van der Waals surface area contributed by atoms with Crippen molar-refractivity contribution < 1.29 is 14.6 Å². The first-order chi connectivity index (χ1) is 13.7. The monoisotopic (exact) mass is 406 g/mol. The Kier molecular flexibility index (Phi) is 8.47. The molecule has 1 saturated heterocycles. The largest absolute Gasteiger partial charge is 0.493 e. The van der Waals surface area contributed by atoms with E-state index in [1.165, 1.54) is 0 Å². The van der Waals surface area contributed by atoms with Gasteiger partial charge in [-0.1, -0.05) is 6.07 Å². The van der Waals surface area contributed by atoms with E-state index in [0.717, 1.165) is 55.4 Å². The molecule has 8 heteroatoms. The summed E-state index contributed by atoms with van der Waals surface area (Å²) in [6.07, 6.45) is 3.94. The number of hydrogen-bond donors (Lipinski definition) is 3. The fourth-order valence-corrected chi connectivity index (χ4v) is 4.12. The third kappa shape index (κ3) is 6.70. The summed E-state index contributed by atoms with van der Waals surface area (Å²) in [6.45, 7) is 4.60. The Balaban J connectivity index is 1.42. The fraction of sp³-hybridized carbons (Fsp3) is 0.550. The number of thioether (sulfide) groups is 1. The number of methoxy groups -OCH3 is 1. The molecule has 0 saturated carbocycles. The molecule has 28 heavy (non-hydrogen) atoms. The lowest BCUT2D eigenvalue weighted by molar-refractivity contribution is 0.0705. The van der Waals surface area contributed by atoms with Gasteiger partial charge in [-0.3, -0.25) is 4.90 Å². The van der Waals surface area contributed by atoms with Crippen LogP contribution in [0.25, 0.3) is 0 Å². The average molecular weight is 407 g/mol. The summed E-state index contributed by atoms with van der Waals surface area (Å²) in [5.41, 5.74) is 2.25. The highest BCUT2D eigenvalue weighted by molar-refractivity contribution is 7.99. The number of benzene rings is 1. The summed E-state index contributed by atoms with van der Waals surface area (Å²) < 4.78 is 11.3. The molecule has 0 amide bonds. The zero-order valence-corrected chi connectivity index (χ0v) is 17.2. The van der Waals surface area contributed by atoms with Gasteiger partial charge in [-0.05, 0) is 17.7 Å². The van der Waals surface area contributed by atoms with Crippen molar-refractivity contribution in [3.8, 4) is 11.5 Å². The SMILES string of the molecule is COc1cc(CNCCc2cnc[nH]2)ccc1OCC(O)CN1CCSCC1. The van der Waals surface area contributed by atoms with Gasteiger partial charge in [-0.25, -0.2) is 4.98 Å². The van der Waals surface area contributed by atoms with Crippen LogP contribution in [-0.4, -0.2) is 77.5 Å². The molecule has 3 rings (SSSR count). The van der Waals surface area contributed by atoms with Crippen LogP contribution in [0.15, 0.2) is 30.7 Å². The van der Waals surface area contributed by atoms with Crippen molar-refractivity contribution in [2.24, 2.45) is 0 Å². The van der Waals surface area contributed by atoms with E-state index in [9.17, 15) is 5.11 Å². The summed E-state index contributed by atoms with van der Waals surface area (Å²) >= 11 is 1.97. The number of rotatable bonds is 11. The van der Waals surface area contributed by atoms with Gasteiger partial charge in [-0.2, -0.15) is 11.8 Å². The Bertz CT molecular complexity index is 693. The molecule has 1 unspecified atom stereocenters. The van der Waals surface area contributed by atoms with Crippen LogP contribution < -0.4 is 14.8 Å². The summed E-state index contributed by atoms with van der Waals surface area (Å²) in [7, 11) is 1.64. The number of β-amino-alcohol motifs (C(OH)–C–C–N with tert-alkyl or cyclic N) is 1. The molecule has 1 aliphatic heterocycles. The topological polar surface area (TPSA) is 82.6 Å². The van der Waals surface area contributed by atoms with Gasteiger partial charge in [-0.15, -0.1) is 0 Å². The van der Waals surface area contributed by atoms with E-state index in [-0.39, 0.29) is 6.61 Å². The standard InChI is InChI=1S/C20H30N4O3S/c1-26-20-10-16(11-21-5-4-17-12-22-15-23-17)2-3-19(20)27-14-18(25)13-24-6-8-28-9-7-24/h2-3,10,12,15,18,21,25H,4-9,11,13-14H2,1H3,(H,22,23). The number of aromatic amines is 1. The molecule has 1 aromatic carbocycles. The third-order valence-electron chi connectivity index (χ3n) is 4.69. The van der Waals surface area contributed by atoms with E-state index >= 15 is 0 Å². The van der Waals surface area contributed by atoms with Crippen LogP contribution in [0.3, 0.4) is 0 Å². The van der Waals surface area contributed by atoms with Crippen molar-refractivity contribution in [1.29, 1.82) is 0 Å². The summed E-state index contributed by atoms with van der Waals surface area (Å²) in [5, 5.41) is 13.7. The molecule has 0 aliphatic carbocycles. The minimum Gasteiger partial charge on any atom is -0.493 e. The van der Waals surface area contributed by atoms with E-state index in [1.54, 1.807) is 13.4 Å². The first kappa shape index (κ1) is 21.0. The maximum Gasteiger partial charge on any atom is 0.161 e. The minimum atomic E-state index is -0.503. The van der Waals surface area contributed by atoms with Crippen molar-refractivity contribution in [2.75, 3.05) is 51.4 Å². The maximum atomic E-state index is 10.3. The number of nitrogens with one attached hydrogen (secondary N) is 2. The van der Waals surface area contributed by atoms with Gasteiger partial charge >= 0.3 is 0 Å². The Labute approximate surface area is 170 Å². The van der Waals surface area contributed by atoms with Gasteiger partial charge in [0.1, 0.15) is 12.7 Å². The first-order valence-electron chi connectivity index (χ1n) is 9.70. The second kappa shape index (κ2) is 11.3. The summed E-state index contributed by atoms with van der Waals surface area (Å²) in [6, 6.07) is 5.91. The van der Waals surface area contributed by atoms with Gasteiger partial charge in [0.25, 0.3) is 0 Å². The highest BCUT2D eigenvalue weighted by Crippen LogP contribution is 2.28. The number of aliphatic hydroxyl groups is 1. The first-order valence-corrected chi connectivity index (χ1v) is 10.9. The highest BCUT2D eigenvalue weighted by Gasteiger charge is 2.16. The molecule has 1 atom stereocenters. The number of ether oxygens (including phenoxy) is 2. The molecule has 0 radical (unpaired) electrons. The molecule has 154 valence electrons. The van der Waals surface area contributed by atoms with Crippen molar-refractivity contribution >= 4 is 11.8 Å². The van der Waals surface area contributed by atoms with Gasteiger partial charge in [0, 0.05) is 62.5 Å². The van der Waals surface area contributed by atoms with Crippen molar-refractivity contribution in [1.82, 2.24) is 20.2 Å². The van der Waals surface area contributed by atoms with Gasteiger partial charge < -0.3 is 24.9 Å². The van der Waals surface area contributed by atoms with Gasteiger partial charge in [0.2, 0.25) is 0 Å². The molecule has 2 aromatic rings. The quantitative estimate of drug-likeness (QED) is 0.488. The van der Waals surface area contributed by atoms with Crippen LogP contribution in [0.1, 0.15) is 11.3 Å². The molecule has 1 aliphatic rings. The average Bonchev–Trinajstić information content (AvgIpc) is 3.24. The molecular formula is C20H30N4O3S. The van der Waals surface area contributed by atoms with E-state index in [2.05, 4.69) is 20.2 Å². The Morgan fingerprint density at radius 2 is 2.18 bits per heavy atom. The molecule has 7 nitrogen and oxygen atoms in total. The van der Waals surface area contributed by atoms with E-state index in [1.807, 2.05) is 36.2 Å². The van der Waals surface area contributed by atoms with E-state index in [4.69, 9.17) is 9.47 Å². The second-order valence-corrected chi connectivity index (χ2v) is 8.09. The Morgan fingerprint density at radius 3 is 2.93 bits per heavy atom. The highest BCUT2D eigenvalue weighted by atomic mass is 32.2. The molecule has 1 fully saturated rings. The lowest BCUT2D eigenvalue weighted by Gasteiger charge is -2.28. The fourth-order valence-electron chi connectivity index (χ4n) is 3.14. The summed E-state index contributed by atoms with van der Waals surface area (Å²) in [4.78, 5) is 9.41. The number of imidazole rings is 1. The van der Waals surface area contributed by atoms with Crippen LogP contribution in [-0.2, 0) is 13.0 Å². The van der Waals surface area contributed by atoms with Crippen LogP contribution in [0, 0.1) is 0 Å². The Hall–Kier alpha value is -1.74. The smallest absolute Gasteiger partial charge is 0.161 e. The van der Waals surface area contributed by atoms with Gasteiger partial charge in [0.05, 0.1) is 13.4 Å². The normalized spacial score (nSPS) is 16.1. The van der Waals surface area contributed by atoms with Crippen LogP contribution in [0.4, 0.5) is 0 Å². The predicted octanol–water partition coefficient (Wildman–Crippen LogP) is 1.54. The predicted molar refractivity (Wildman–Crippen MR) is 112 cm³/mol. The molecule has 0 spiro atoms. The molecule has 0 bridgehead atoms. The maximum absolute atomic E-state index is 10.3. The number of H-pyrrole nitrogens is 1. The zero-order valence-electron chi connectivity index (χ0n) is 16.4. The molecule has 1 aromatic heterocycles. The number of nitrogens with zero attached hydrogens (tertiary/aromatic N) is 2. The third-order valence-corrected chi connectivity index (χ3v) is 5.63. The number of aliphatic hydroxyl groups excluding tert-OH is 1. The summed E-state index contributed by atoms with van der Waals surface area (Å²) in [5.74, 6) is 3.63. The second-order valence-electron chi connectivity index (χ2n) is 6.87. The molecule has 3 N–H and O–H groups in total. The van der Waals surface area contributed by atoms with Crippen molar-refractivity contribution in [3.63, 3.8) is 0 Å². The van der Waals surface area contributed by atoms with Crippen molar-refractivity contribution in [3.05, 3.63) is 42.0 Å².